The number of rotatable bonds is 8. The SMILES string of the molecule is CCCCNCC(CC)CCC. The number of nitrogens with one attached hydrogen (secondary N) is 1. The molecule has 0 rings (SSSR count). The van der Waals surface area contributed by atoms with Crippen molar-refractivity contribution in [3.63, 3.8) is 0 Å². The average molecular weight is 171 g/mol. The summed E-state index contributed by atoms with van der Waals surface area (Å²) in [6.45, 7) is 9.24. The lowest BCUT2D eigenvalue weighted by Gasteiger charge is -2.14. The van der Waals surface area contributed by atoms with Crippen LogP contribution < -0.4 is 5.32 Å². The normalized spacial score (nSPS) is 13.2. The molecule has 0 fully saturated rings. The second-order valence-electron chi connectivity index (χ2n) is 3.62. The van der Waals surface area contributed by atoms with Crippen LogP contribution in [0.25, 0.3) is 0 Å². The lowest BCUT2D eigenvalue weighted by atomic mass is 10.0. The van der Waals surface area contributed by atoms with Crippen molar-refractivity contribution in [2.75, 3.05) is 13.1 Å². The Morgan fingerprint density at radius 1 is 1.08 bits per heavy atom. The molecule has 0 aromatic rings. The summed E-state index contributed by atoms with van der Waals surface area (Å²) in [6.07, 6.45) is 6.66. The van der Waals surface area contributed by atoms with Crippen molar-refractivity contribution in [2.45, 2.75) is 52.9 Å². The van der Waals surface area contributed by atoms with Crippen LogP contribution in [0, 0.1) is 5.92 Å². The van der Waals surface area contributed by atoms with Crippen LogP contribution in [-0.2, 0) is 0 Å². The molecule has 74 valence electrons. The van der Waals surface area contributed by atoms with Crippen LogP contribution in [0.1, 0.15) is 52.9 Å². The first-order valence-electron chi connectivity index (χ1n) is 5.55. The molecule has 0 aromatic carbocycles. The Hall–Kier alpha value is -0.0400. The average Bonchev–Trinajstić information content (AvgIpc) is 2.10. The summed E-state index contributed by atoms with van der Waals surface area (Å²) in [5.74, 6) is 0.909. The van der Waals surface area contributed by atoms with Gasteiger partial charge >= 0.3 is 0 Å². The highest BCUT2D eigenvalue weighted by molar-refractivity contribution is 4.59. The summed E-state index contributed by atoms with van der Waals surface area (Å²) in [4.78, 5) is 0. The molecule has 0 amide bonds. The van der Waals surface area contributed by atoms with E-state index in [0.29, 0.717) is 0 Å². The van der Waals surface area contributed by atoms with Gasteiger partial charge in [0.1, 0.15) is 0 Å². The maximum absolute atomic E-state index is 3.52. The largest absolute Gasteiger partial charge is 0.316 e. The van der Waals surface area contributed by atoms with E-state index >= 15 is 0 Å². The third kappa shape index (κ3) is 6.66. The summed E-state index contributed by atoms with van der Waals surface area (Å²) < 4.78 is 0. The lowest BCUT2D eigenvalue weighted by molar-refractivity contribution is 0.427. The van der Waals surface area contributed by atoms with Crippen molar-refractivity contribution in [1.29, 1.82) is 0 Å². The second-order valence-corrected chi connectivity index (χ2v) is 3.62. The van der Waals surface area contributed by atoms with Crippen molar-refractivity contribution in [3.05, 3.63) is 0 Å². The van der Waals surface area contributed by atoms with Gasteiger partial charge in [-0.25, -0.2) is 0 Å². The van der Waals surface area contributed by atoms with E-state index in [-0.39, 0.29) is 0 Å². The van der Waals surface area contributed by atoms with Crippen LogP contribution in [0.4, 0.5) is 0 Å². The summed E-state index contributed by atoms with van der Waals surface area (Å²) in [7, 11) is 0. The molecule has 0 bridgehead atoms. The molecule has 0 radical (unpaired) electrons. The number of unbranched alkanes of at least 4 members (excludes halogenated alkanes) is 1. The van der Waals surface area contributed by atoms with E-state index in [1.165, 1.54) is 45.2 Å². The highest BCUT2D eigenvalue weighted by atomic mass is 14.8. The summed E-state index contributed by atoms with van der Waals surface area (Å²) in [5.41, 5.74) is 0. The summed E-state index contributed by atoms with van der Waals surface area (Å²) >= 11 is 0. The third-order valence-corrected chi connectivity index (χ3v) is 2.41. The first kappa shape index (κ1) is 12.0. The third-order valence-electron chi connectivity index (χ3n) is 2.41. The highest BCUT2D eigenvalue weighted by Gasteiger charge is 2.02. The Balaban J connectivity index is 3.19. The molecule has 0 aliphatic heterocycles. The van der Waals surface area contributed by atoms with Crippen molar-refractivity contribution in [3.8, 4) is 0 Å². The molecule has 1 N–H and O–H groups in total. The number of hydrogen-bond donors (Lipinski definition) is 1. The van der Waals surface area contributed by atoms with Gasteiger partial charge in [-0.05, 0) is 31.8 Å². The molecule has 0 aliphatic carbocycles. The molecule has 0 saturated carbocycles. The van der Waals surface area contributed by atoms with E-state index in [1.54, 1.807) is 0 Å². The smallest absolute Gasteiger partial charge is 0.00206 e. The monoisotopic (exact) mass is 171 g/mol. The zero-order valence-corrected chi connectivity index (χ0v) is 9.03. The van der Waals surface area contributed by atoms with Gasteiger partial charge in [0.15, 0.2) is 0 Å². The lowest BCUT2D eigenvalue weighted by Crippen LogP contribution is -2.23. The topological polar surface area (TPSA) is 12.0 Å². The zero-order chi connectivity index (χ0) is 9.23. The molecular weight excluding hydrogens is 146 g/mol. The fourth-order valence-corrected chi connectivity index (χ4v) is 1.47. The Morgan fingerprint density at radius 2 is 1.83 bits per heavy atom. The molecule has 0 spiro atoms. The van der Waals surface area contributed by atoms with E-state index in [4.69, 9.17) is 0 Å². The maximum Gasteiger partial charge on any atom is -0.00206 e. The minimum Gasteiger partial charge on any atom is -0.316 e. The van der Waals surface area contributed by atoms with Crippen molar-refractivity contribution >= 4 is 0 Å². The Kier molecular flexibility index (Phi) is 9.02. The molecule has 0 saturated heterocycles. The van der Waals surface area contributed by atoms with Crippen LogP contribution >= 0.6 is 0 Å². The van der Waals surface area contributed by atoms with Gasteiger partial charge in [-0.3, -0.25) is 0 Å². The molecule has 1 nitrogen and oxygen atoms in total. The Labute approximate surface area is 77.9 Å². The molecule has 0 aromatic heterocycles. The van der Waals surface area contributed by atoms with Crippen LogP contribution in [-0.4, -0.2) is 13.1 Å². The molecule has 1 atom stereocenters. The molecule has 0 aliphatic rings. The summed E-state index contributed by atoms with van der Waals surface area (Å²) in [5, 5.41) is 3.52. The molecule has 0 heterocycles. The van der Waals surface area contributed by atoms with Crippen LogP contribution in [0.15, 0.2) is 0 Å². The first-order valence-corrected chi connectivity index (χ1v) is 5.55. The van der Waals surface area contributed by atoms with E-state index in [9.17, 15) is 0 Å². The molecule has 1 unspecified atom stereocenters. The Morgan fingerprint density at radius 3 is 2.33 bits per heavy atom. The van der Waals surface area contributed by atoms with E-state index in [1.807, 2.05) is 0 Å². The van der Waals surface area contributed by atoms with Crippen molar-refractivity contribution < 1.29 is 0 Å². The zero-order valence-electron chi connectivity index (χ0n) is 9.03. The molecule has 12 heavy (non-hydrogen) atoms. The number of hydrogen-bond acceptors (Lipinski definition) is 1. The maximum atomic E-state index is 3.52. The highest BCUT2D eigenvalue weighted by Crippen LogP contribution is 2.08. The van der Waals surface area contributed by atoms with Crippen LogP contribution in [0.3, 0.4) is 0 Å². The van der Waals surface area contributed by atoms with Gasteiger partial charge in [-0.15, -0.1) is 0 Å². The standard InChI is InChI=1S/C11H25N/c1-4-7-9-12-10-11(6-3)8-5-2/h11-12H,4-10H2,1-3H3. The first-order chi connectivity index (χ1) is 5.85. The van der Waals surface area contributed by atoms with Crippen molar-refractivity contribution in [2.24, 2.45) is 5.92 Å². The van der Waals surface area contributed by atoms with E-state index in [0.717, 1.165) is 5.92 Å². The second kappa shape index (κ2) is 9.05. The predicted molar refractivity (Wildman–Crippen MR) is 56.5 cm³/mol. The minimum atomic E-state index is 0.909. The minimum absolute atomic E-state index is 0.909. The summed E-state index contributed by atoms with van der Waals surface area (Å²) in [6, 6.07) is 0. The van der Waals surface area contributed by atoms with E-state index in [2.05, 4.69) is 26.1 Å². The molecule has 1 heteroatoms. The molecular formula is C11H25N. The van der Waals surface area contributed by atoms with Crippen LogP contribution in [0.2, 0.25) is 0 Å². The Bertz CT molecular complexity index is 81.1. The predicted octanol–water partition coefficient (Wildman–Crippen LogP) is 3.20. The van der Waals surface area contributed by atoms with Crippen molar-refractivity contribution in [1.82, 2.24) is 5.32 Å². The fourth-order valence-electron chi connectivity index (χ4n) is 1.47. The van der Waals surface area contributed by atoms with Gasteiger partial charge in [0.2, 0.25) is 0 Å². The van der Waals surface area contributed by atoms with Gasteiger partial charge in [-0.1, -0.05) is 40.0 Å². The van der Waals surface area contributed by atoms with Gasteiger partial charge in [0.05, 0.1) is 0 Å². The van der Waals surface area contributed by atoms with Gasteiger partial charge in [0.25, 0.3) is 0 Å². The van der Waals surface area contributed by atoms with Gasteiger partial charge in [0, 0.05) is 0 Å². The van der Waals surface area contributed by atoms with E-state index < -0.39 is 0 Å². The quantitative estimate of drug-likeness (QED) is 0.553. The van der Waals surface area contributed by atoms with Gasteiger partial charge < -0.3 is 5.32 Å². The van der Waals surface area contributed by atoms with Gasteiger partial charge in [-0.2, -0.15) is 0 Å². The van der Waals surface area contributed by atoms with Crippen LogP contribution in [0.5, 0.6) is 0 Å². The fraction of sp³-hybridized carbons (Fsp3) is 1.00.